The Hall–Kier alpha value is -3.65. The highest BCUT2D eigenvalue weighted by Gasteiger charge is 2.19. The fourth-order valence-electron chi connectivity index (χ4n) is 3.54. The van der Waals surface area contributed by atoms with Crippen LogP contribution in [0.2, 0.25) is 5.15 Å². The van der Waals surface area contributed by atoms with Crippen molar-refractivity contribution in [2.45, 2.75) is 39.2 Å². The molecule has 1 aromatic heterocycles. The Labute approximate surface area is 202 Å². The van der Waals surface area contributed by atoms with Crippen LogP contribution in [-0.2, 0) is 28.9 Å². The van der Waals surface area contributed by atoms with Crippen LogP contribution < -0.4 is 5.32 Å². The molecule has 0 atom stereocenters. The normalized spacial score (nSPS) is 10.7. The first-order valence-electron chi connectivity index (χ1n) is 10.9. The number of nitrogens with zero attached hydrogens (tertiary/aromatic N) is 2. The van der Waals surface area contributed by atoms with E-state index in [1.165, 1.54) is 19.2 Å². The maximum Gasteiger partial charge on any atom is 0.336 e. The van der Waals surface area contributed by atoms with Crippen LogP contribution >= 0.6 is 11.6 Å². The lowest BCUT2D eigenvalue weighted by Crippen LogP contribution is -2.16. The monoisotopic (exact) mass is 483 g/mol. The van der Waals surface area contributed by atoms with E-state index in [0.717, 1.165) is 30.7 Å². The average Bonchev–Trinajstić information content (AvgIpc) is 3.12. The number of imidazole rings is 1. The number of ether oxygens (including phenoxy) is 1. The number of aromatic carboxylic acids is 1. The van der Waals surface area contributed by atoms with Crippen LogP contribution in [-0.4, -0.2) is 39.6 Å². The first kappa shape index (κ1) is 25.0. The topological polar surface area (TPSA) is 111 Å². The number of amides is 1. The van der Waals surface area contributed by atoms with Crippen LogP contribution in [0.4, 0.5) is 5.69 Å². The summed E-state index contributed by atoms with van der Waals surface area (Å²) in [5.41, 5.74) is 2.06. The number of benzene rings is 2. The smallest absolute Gasteiger partial charge is 0.336 e. The zero-order valence-electron chi connectivity index (χ0n) is 19.0. The zero-order valence-corrected chi connectivity index (χ0v) is 19.8. The van der Waals surface area contributed by atoms with E-state index in [1.807, 2.05) is 16.7 Å². The Bertz CT molecular complexity index is 1190. The minimum absolute atomic E-state index is 0.0194. The van der Waals surface area contributed by atoms with Crippen molar-refractivity contribution in [2.75, 3.05) is 12.4 Å². The van der Waals surface area contributed by atoms with E-state index in [-0.39, 0.29) is 22.7 Å². The SMILES string of the molecule is CCCCc1nc(Cl)c(CC(=O)OC)n1Cc1ccc(NC(=O)c2ccccc2C(=O)O)cc1. The number of hydrogen-bond donors (Lipinski definition) is 2. The molecule has 0 radical (unpaired) electrons. The molecule has 34 heavy (non-hydrogen) atoms. The summed E-state index contributed by atoms with van der Waals surface area (Å²) in [4.78, 5) is 40.3. The summed E-state index contributed by atoms with van der Waals surface area (Å²) in [7, 11) is 1.33. The third-order valence-electron chi connectivity index (χ3n) is 5.35. The number of rotatable bonds is 10. The van der Waals surface area contributed by atoms with Gasteiger partial charge in [-0.25, -0.2) is 9.78 Å². The number of aromatic nitrogens is 2. The molecule has 0 aliphatic rings. The second kappa shape index (κ2) is 11.5. The summed E-state index contributed by atoms with van der Waals surface area (Å²) in [5.74, 6) is -1.27. The number of carboxylic acids is 1. The Morgan fingerprint density at radius 1 is 1.09 bits per heavy atom. The molecule has 0 aliphatic carbocycles. The van der Waals surface area contributed by atoms with E-state index >= 15 is 0 Å². The number of esters is 1. The van der Waals surface area contributed by atoms with Gasteiger partial charge in [0.15, 0.2) is 5.15 Å². The van der Waals surface area contributed by atoms with Crippen LogP contribution in [0.3, 0.4) is 0 Å². The molecule has 3 rings (SSSR count). The second-order valence-corrected chi connectivity index (χ2v) is 8.07. The lowest BCUT2D eigenvalue weighted by atomic mass is 10.1. The lowest BCUT2D eigenvalue weighted by molar-refractivity contribution is -0.139. The largest absolute Gasteiger partial charge is 0.478 e. The molecule has 2 N–H and O–H groups in total. The van der Waals surface area contributed by atoms with Gasteiger partial charge in [-0.05, 0) is 36.2 Å². The molecule has 0 saturated heterocycles. The number of nitrogens with one attached hydrogen (secondary N) is 1. The van der Waals surface area contributed by atoms with E-state index < -0.39 is 17.8 Å². The summed E-state index contributed by atoms with van der Waals surface area (Å²) in [6.07, 6.45) is 2.68. The van der Waals surface area contributed by atoms with E-state index in [9.17, 15) is 19.5 Å². The van der Waals surface area contributed by atoms with Gasteiger partial charge in [-0.1, -0.05) is 49.2 Å². The number of carboxylic acid groups (broad SMARTS) is 1. The molecule has 0 saturated carbocycles. The van der Waals surface area contributed by atoms with Crippen molar-refractivity contribution in [3.05, 3.63) is 81.9 Å². The number of methoxy groups -OCH3 is 1. The van der Waals surface area contributed by atoms with Gasteiger partial charge in [-0.15, -0.1) is 0 Å². The fourth-order valence-corrected chi connectivity index (χ4v) is 3.80. The first-order chi connectivity index (χ1) is 16.3. The standard InChI is InChI=1S/C25H26ClN3O5/c1-3-4-9-21-28-23(26)20(14-22(30)34-2)29(21)15-16-10-12-17(13-11-16)27-24(31)18-7-5-6-8-19(18)25(32)33/h5-8,10-13H,3-4,9,14-15H2,1-2H3,(H,27,31)(H,32,33). The maximum atomic E-state index is 12.6. The van der Waals surface area contributed by atoms with Crippen molar-refractivity contribution in [1.29, 1.82) is 0 Å². The van der Waals surface area contributed by atoms with Crippen molar-refractivity contribution in [2.24, 2.45) is 0 Å². The van der Waals surface area contributed by atoms with Gasteiger partial charge in [0, 0.05) is 18.7 Å². The summed E-state index contributed by atoms with van der Waals surface area (Å²) in [6.45, 7) is 2.54. The Kier molecular flexibility index (Phi) is 8.43. The van der Waals surface area contributed by atoms with E-state index in [4.69, 9.17) is 16.3 Å². The Morgan fingerprint density at radius 3 is 2.38 bits per heavy atom. The van der Waals surface area contributed by atoms with Gasteiger partial charge >= 0.3 is 11.9 Å². The molecule has 1 amide bonds. The van der Waals surface area contributed by atoms with Gasteiger partial charge in [0.2, 0.25) is 0 Å². The van der Waals surface area contributed by atoms with Crippen molar-refractivity contribution >= 4 is 35.1 Å². The van der Waals surface area contributed by atoms with Gasteiger partial charge in [0.1, 0.15) is 5.82 Å². The molecule has 1 heterocycles. The number of carbonyl (C=O) groups excluding carboxylic acids is 2. The van der Waals surface area contributed by atoms with Crippen molar-refractivity contribution < 1.29 is 24.2 Å². The molecule has 8 nitrogen and oxygen atoms in total. The Balaban J connectivity index is 1.80. The minimum atomic E-state index is -1.17. The highest BCUT2D eigenvalue weighted by atomic mass is 35.5. The van der Waals surface area contributed by atoms with Crippen molar-refractivity contribution in [3.63, 3.8) is 0 Å². The molecule has 0 fully saturated rings. The fraction of sp³-hybridized carbons (Fsp3) is 0.280. The molecular weight excluding hydrogens is 458 g/mol. The molecular formula is C25H26ClN3O5. The molecule has 0 spiro atoms. The van der Waals surface area contributed by atoms with E-state index in [1.54, 1.807) is 24.3 Å². The summed E-state index contributed by atoms with van der Waals surface area (Å²) >= 11 is 6.34. The van der Waals surface area contributed by atoms with Crippen molar-refractivity contribution in [1.82, 2.24) is 9.55 Å². The summed E-state index contributed by atoms with van der Waals surface area (Å²) < 4.78 is 6.74. The second-order valence-electron chi connectivity index (χ2n) is 7.71. The highest BCUT2D eigenvalue weighted by Crippen LogP contribution is 2.23. The number of carbonyl (C=O) groups is 3. The number of hydrogen-bond acceptors (Lipinski definition) is 5. The lowest BCUT2D eigenvalue weighted by Gasteiger charge is -2.13. The number of unbranched alkanes of at least 4 members (excludes halogenated alkanes) is 1. The predicted molar refractivity (Wildman–Crippen MR) is 128 cm³/mol. The highest BCUT2D eigenvalue weighted by molar-refractivity contribution is 6.30. The number of anilines is 1. The quantitative estimate of drug-likeness (QED) is 0.408. The zero-order chi connectivity index (χ0) is 24.7. The molecule has 3 aromatic rings. The summed E-state index contributed by atoms with van der Waals surface area (Å²) in [5, 5.41) is 12.3. The van der Waals surface area contributed by atoms with Gasteiger partial charge < -0.3 is 19.7 Å². The average molecular weight is 484 g/mol. The third-order valence-corrected chi connectivity index (χ3v) is 5.65. The molecule has 9 heteroatoms. The van der Waals surface area contributed by atoms with Crippen LogP contribution in [0.1, 0.15) is 57.6 Å². The van der Waals surface area contributed by atoms with Gasteiger partial charge in [-0.2, -0.15) is 0 Å². The summed E-state index contributed by atoms with van der Waals surface area (Å²) in [6, 6.07) is 13.2. The van der Waals surface area contributed by atoms with Gasteiger partial charge in [-0.3, -0.25) is 9.59 Å². The first-order valence-corrected chi connectivity index (χ1v) is 11.2. The van der Waals surface area contributed by atoms with Crippen molar-refractivity contribution in [3.8, 4) is 0 Å². The number of aryl methyl sites for hydroxylation is 1. The van der Waals surface area contributed by atoms with Gasteiger partial charge in [0.25, 0.3) is 5.91 Å². The van der Waals surface area contributed by atoms with Gasteiger partial charge in [0.05, 0.1) is 30.4 Å². The van der Waals surface area contributed by atoms with Crippen LogP contribution in [0.25, 0.3) is 0 Å². The van der Waals surface area contributed by atoms with Crippen LogP contribution in [0, 0.1) is 0 Å². The molecule has 178 valence electrons. The minimum Gasteiger partial charge on any atom is -0.478 e. The number of halogens is 1. The predicted octanol–water partition coefficient (Wildman–Crippen LogP) is 4.59. The molecule has 0 bridgehead atoms. The Morgan fingerprint density at radius 2 is 1.76 bits per heavy atom. The molecule has 0 unspecified atom stereocenters. The third kappa shape index (κ3) is 6.02. The maximum absolute atomic E-state index is 12.6. The van der Waals surface area contributed by atoms with E-state index in [2.05, 4.69) is 17.2 Å². The molecule has 0 aliphatic heterocycles. The van der Waals surface area contributed by atoms with Crippen LogP contribution in [0.15, 0.2) is 48.5 Å². The van der Waals surface area contributed by atoms with Crippen LogP contribution in [0.5, 0.6) is 0 Å². The molecule has 2 aromatic carbocycles. The van der Waals surface area contributed by atoms with E-state index in [0.29, 0.717) is 17.9 Å².